The number of nitrogens with zero attached hydrogens (tertiary/aromatic N) is 3. The highest BCUT2D eigenvalue weighted by Crippen LogP contribution is 2.09. The van der Waals surface area contributed by atoms with Crippen LogP contribution in [0.4, 0.5) is 4.39 Å². The molecule has 0 amide bonds. The zero-order valence-corrected chi connectivity index (χ0v) is 8.75. The molecule has 2 heterocycles. The molecule has 0 aliphatic rings. The van der Waals surface area contributed by atoms with Gasteiger partial charge in [-0.25, -0.2) is 13.9 Å². The predicted octanol–water partition coefficient (Wildman–Crippen LogP) is 1.31. The van der Waals surface area contributed by atoms with Gasteiger partial charge in [-0.2, -0.15) is 4.98 Å². The average Bonchev–Trinajstić information content (AvgIpc) is 2.61. The molecule has 80 valence electrons. The standard InChI is InChI=1S/C8H9FN4OS/c1-4(14)7-11-8-10-5(3-9)2-6(15)13(8)12-7/h2,4,14H,3H2,1H3,(H,10,11,12). The molecule has 1 atom stereocenters. The second kappa shape index (κ2) is 3.67. The van der Waals surface area contributed by atoms with Crippen LogP contribution in [0.5, 0.6) is 0 Å². The van der Waals surface area contributed by atoms with Crippen LogP contribution in [0.1, 0.15) is 24.5 Å². The van der Waals surface area contributed by atoms with Gasteiger partial charge in [0.1, 0.15) is 17.4 Å². The lowest BCUT2D eigenvalue weighted by Crippen LogP contribution is -1.96. The monoisotopic (exact) mass is 228 g/mol. The summed E-state index contributed by atoms with van der Waals surface area (Å²) < 4.78 is 14.2. The van der Waals surface area contributed by atoms with E-state index in [4.69, 9.17) is 12.2 Å². The van der Waals surface area contributed by atoms with E-state index in [1.165, 1.54) is 10.6 Å². The van der Waals surface area contributed by atoms with E-state index in [1.807, 2.05) is 0 Å². The van der Waals surface area contributed by atoms with Gasteiger partial charge in [-0.05, 0) is 13.0 Å². The first-order chi connectivity index (χ1) is 7.11. The quantitative estimate of drug-likeness (QED) is 0.760. The van der Waals surface area contributed by atoms with Crippen LogP contribution in [-0.4, -0.2) is 24.7 Å². The molecule has 15 heavy (non-hydrogen) atoms. The first-order valence-electron chi connectivity index (χ1n) is 4.34. The smallest absolute Gasteiger partial charge is 0.252 e. The van der Waals surface area contributed by atoms with E-state index in [9.17, 15) is 9.50 Å². The zero-order valence-electron chi connectivity index (χ0n) is 7.94. The second-order valence-electron chi connectivity index (χ2n) is 3.14. The van der Waals surface area contributed by atoms with Crippen LogP contribution in [0.3, 0.4) is 0 Å². The summed E-state index contributed by atoms with van der Waals surface area (Å²) in [7, 11) is 0. The Morgan fingerprint density at radius 3 is 3.00 bits per heavy atom. The van der Waals surface area contributed by atoms with Crippen molar-refractivity contribution < 1.29 is 9.50 Å². The van der Waals surface area contributed by atoms with Crippen LogP contribution in [0.15, 0.2) is 6.07 Å². The maximum atomic E-state index is 12.4. The minimum absolute atomic E-state index is 0.239. The summed E-state index contributed by atoms with van der Waals surface area (Å²) in [5.41, 5.74) is 0.239. The third-order valence-corrected chi connectivity index (χ3v) is 2.23. The van der Waals surface area contributed by atoms with Crippen LogP contribution in [0, 0.1) is 4.64 Å². The van der Waals surface area contributed by atoms with Crippen molar-refractivity contribution in [1.82, 2.24) is 19.6 Å². The molecule has 0 aromatic carbocycles. The van der Waals surface area contributed by atoms with Crippen molar-refractivity contribution in [2.45, 2.75) is 19.7 Å². The summed E-state index contributed by atoms with van der Waals surface area (Å²) in [6.45, 7) is 0.883. The number of rotatable bonds is 2. The van der Waals surface area contributed by atoms with Gasteiger partial charge < -0.3 is 5.11 Å². The maximum absolute atomic E-state index is 12.4. The molecule has 0 aliphatic carbocycles. The number of aromatic amines is 1. The van der Waals surface area contributed by atoms with E-state index in [0.717, 1.165) is 0 Å². The molecular weight excluding hydrogens is 219 g/mol. The summed E-state index contributed by atoms with van der Waals surface area (Å²) >= 11 is 5.01. The van der Waals surface area contributed by atoms with E-state index >= 15 is 0 Å². The lowest BCUT2D eigenvalue weighted by molar-refractivity contribution is 0.189. The van der Waals surface area contributed by atoms with Gasteiger partial charge in [0.25, 0.3) is 5.78 Å². The van der Waals surface area contributed by atoms with E-state index in [-0.39, 0.29) is 11.5 Å². The number of aromatic nitrogens is 4. The van der Waals surface area contributed by atoms with Crippen LogP contribution in [-0.2, 0) is 6.67 Å². The molecule has 2 aromatic heterocycles. The van der Waals surface area contributed by atoms with Gasteiger partial charge in [0.2, 0.25) is 0 Å². The van der Waals surface area contributed by atoms with Gasteiger partial charge in [-0.3, -0.25) is 5.10 Å². The fourth-order valence-electron chi connectivity index (χ4n) is 1.20. The van der Waals surface area contributed by atoms with Crippen molar-refractivity contribution in [3.63, 3.8) is 0 Å². The normalized spacial score (nSPS) is 13.3. The summed E-state index contributed by atoms with van der Waals surface area (Å²) in [4.78, 5) is 7.92. The largest absolute Gasteiger partial charge is 0.385 e. The average molecular weight is 228 g/mol. The summed E-state index contributed by atoms with van der Waals surface area (Å²) in [5, 5.41) is 12.1. The molecule has 0 spiro atoms. The Morgan fingerprint density at radius 1 is 1.67 bits per heavy atom. The molecule has 7 heteroatoms. The molecule has 0 radical (unpaired) electrons. The topological polar surface area (TPSA) is 66.2 Å². The Morgan fingerprint density at radius 2 is 2.40 bits per heavy atom. The Kier molecular flexibility index (Phi) is 2.49. The fraction of sp³-hybridized carbons (Fsp3) is 0.375. The Labute approximate surface area is 89.6 Å². The molecule has 1 unspecified atom stereocenters. The van der Waals surface area contributed by atoms with Crippen LogP contribution in [0.25, 0.3) is 5.78 Å². The molecule has 0 bridgehead atoms. The number of aliphatic hydroxyl groups excluding tert-OH is 1. The third kappa shape index (κ3) is 1.75. The number of fused-ring (bicyclic) bond motifs is 1. The predicted molar refractivity (Wildman–Crippen MR) is 53.6 cm³/mol. The van der Waals surface area contributed by atoms with Gasteiger partial charge in [-0.15, -0.1) is 0 Å². The minimum Gasteiger partial charge on any atom is -0.385 e. The second-order valence-corrected chi connectivity index (χ2v) is 3.56. The van der Waals surface area contributed by atoms with E-state index in [0.29, 0.717) is 10.5 Å². The molecule has 0 fully saturated rings. The lowest BCUT2D eigenvalue weighted by atomic mass is 10.4. The Hall–Kier alpha value is -1.34. The molecular formula is C8H9FN4OS. The van der Waals surface area contributed by atoms with Gasteiger partial charge in [0.05, 0.1) is 5.69 Å². The number of H-pyrrole nitrogens is 1. The third-order valence-electron chi connectivity index (χ3n) is 1.93. The molecule has 2 aromatic rings. The van der Waals surface area contributed by atoms with E-state index in [1.54, 1.807) is 6.92 Å². The summed E-state index contributed by atoms with van der Waals surface area (Å²) in [5.74, 6) is 0.621. The van der Waals surface area contributed by atoms with E-state index in [2.05, 4.69) is 15.1 Å². The molecule has 0 saturated carbocycles. The molecule has 0 aliphatic heterocycles. The van der Waals surface area contributed by atoms with E-state index < -0.39 is 12.8 Å². The highest BCUT2D eigenvalue weighted by molar-refractivity contribution is 7.71. The molecule has 5 nitrogen and oxygen atoms in total. The first-order valence-corrected chi connectivity index (χ1v) is 4.75. The lowest BCUT2D eigenvalue weighted by Gasteiger charge is -1.95. The molecule has 0 saturated heterocycles. The zero-order chi connectivity index (χ0) is 11.0. The molecule has 2 N–H and O–H groups in total. The maximum Gasteiger partial charge on any atom is 0.252 e. The Bertz CT molecular complexity index is 547. The van der Waals surface area contributed by atoms with Crippen molar-refractivity contribution in [3.05, 3.63) is 22.2 Å². The van der Waals surface area contributed by atoms with Crippen molar-refractivity contribution >= 4 is 18.0 Å². The van der Waals surface area contributed by atoms with Crippen LogP contribution in [0.2, 0.25) is 0 Å². The Balaban J connectivity index is 2.70. The fourth-order valence-corrected chi connectivity index (χ4v) is 1.46. The van der Waals surface area contributed by atoms with Crippen LogP contribution < -0.4 is 0 Å². The minimum atomic E-state index is -0.741. The highest BCUT2D eigenvalue weighted by Gasteiger charge is 2.09. The van der Waals surface area contributed by atoms with Crippen molar-refractivity contribution in [1.29, 1.82) is 0 Å². The molecule has 2 rings (SSSR count). The van der Waals surface area contributed by atoms with Crippen molar-refractivity contribution in [3.8, 4) is 0 Å². The van der Waals surface area contributed by atoms with Gasteiger partial charge in [0, 0.05) is 0 Å². The number of aliphatic hydroxyl groups is 1. The SMILES string of the molecule is CC(O)c1nc2nc(CF)cc(=S)n2[nH]1. The van der Waals surface area contributed by atoms with Gasteiger partial charge >= 0.3 is 0 Å². The number of halogens is 1. The highest BCUT2D eigenvalue weighted by atomic mass is 32.1. The number of hydrogen-bond donors (Lipinski definition) is 2. The van der Waals surface area contributed by atoms with Gasteiger partial charge in [-0.1, -0.05) is 12.2 Å². The number of nitrogens with one attached hydrogen (secondary N) is 1. The van der Waals surface area contributed by atoms with Crippen LogP contribution >= 0.6 is 12.2 Å². The van der Waals surface area contributed by atoms with Gasteiger partial charge in [0.15, 0.2) is 5.82 Å². The van der Waals surface area contributed by atoms with Crippen molar-refractivity contribution in [2.75, 3.05) is 0 Å². The number of alkyl halides is 1. The number of hydrogen-bond acceptors (Lipinski definition) is 4. The van der Waals surface area contributed by atoms with Crippen molar-refractivity contribution in [2.24, 2.45) is 0 Å². The first kappa shape index (κ1) is 10.2. The summed E-state index contributed by atoms with van der Waals surface area (Å²) in [6.07, 6.45) is -0.741. The summed E-state index contributed by atoms with van der Waals surface area (Å²) in [6, 6.07) is 1.45.